The highest BCUT2D eigenvalue weighted by molar-refractivity contribution is 5.95. The Labute approximate surface area is 323 Å². The first-order chi connectivity index (χ1) is 26.4. The molecule has 284 valence electrons. The van der Waals surface area contributed by atoms with Crippen molar-refractivity contribution >= 4 is 23.2 Å². The molecule has 2 atom stereocenters. The number of aromatic nitrogens is 2. The molecule has 1 aromatic heterocycles. The number of carbonyl (C=O) groups excluding carboxylic acids is 1. The van der Waals surface area contributed by atoms with Crippen LogP contribution in [0, 0.1) is 6.92 Å². The molecule has 0 radical (unpaired) electrons. The number of nitrogens with zero attached hydrogens (tertiary/aromatic N) is 3. The summed E-state index contributed by atoms with van der Waals surface area (Å²) in [6.07, 6.45) is 10.1. The van der Waals surface area contributed by atoms with Gasteiger partial charge in [-0.05, 0) is 83.5 Å². The number of benzene rings is 4. The Morgan fingerprint density at radius 1 is 0.852 bits per heavy atom. The molecule has 0 saturated carbocycles. The lowest BCUT2D eigenvalue weighted by Gasteiger charge is -2.23. The first-order valence-corrected chi connectivity index (χ1v) is 18.8. The molecule has 6 rings (SSSR count). The number of amides is 1. The second-order valence-corrected chi connectivity index (χ2v) is 12.8. The quantitative estimate of drug-likeness (QED) is 0.100. The van der Waals surface area contributed by atoms with Crippen molar-refractivity contribution in [2.75, 3.05) is 37.3 Å². The molecule has 0 bridgehead atoms. The molecule has 1 fully saturated rings. The van der Waals surface area contributed by atoms with E-state index in [1.54, 1.807) is 6.20 Å². The highest BCUT2D eigenvalue weighted by Crippen LogP contribution is 2.24. The maximum absolute atomic E-state index is 13.6. The smallest absolute Gasteiger partial charge is 0.246 e. The molecule has 1 amide bonds. The van der Waals surface area contributed by atoms with Crippen LogP contribution in [0.25, 0.3) is 11.3 Å². The number of carbonyl (C=O) groups is 1. The molecular weight excluding hydrogens is 667 g/mol. The number of allylic oxidation sites excluding steroid dienone is 3. The van der Waals surface area contributed by atoms with E-state index in [1.807, 2.05) is 135 Å². The Hall–Kier alpha value is -5.41. The lowest BCUT2D eigenvalue weighted by Crippen LogP contribution is -2.41. The Morgan fingerprint density at radius 3 is 2.04 bits per heavy atom. The van der Waals surface area contributed by atoms with Gasteiger partial charge in [0.25, 0.3) is 0 Å². The topological polar surface area (TPSA) is 108 Å². The van der Waals surface area contributed by atoms with Crippen molar-refractivity contribution in [2.45, 2.75) is 59.5 Å². The van der Waals surface area contributed by atoms with Crippen LogP contribution in [0.4, 0.5) is 17.3 Å². The normalized spacial score (nSPS) is 14.4. The molecule has 5 aromatic rings. The zero-order valence-corrected chi connectivity index (χ0v) is 32.9. The van der Waals surface area contributed by atoms with E-state index in [-0.39, 0.29) is 11.9 Å². The number of hydrogen-bond donors (Lipinski definition) is 4. The van der Waals surface area contributed by atoms with E-state index in [1.165, 1.54) is 18.2 Å². The average molecular weight is 726 g/mol. The van der Waals surface area contributed by atoms with Crippen molar-refractivity contribution in [3.05, 3.63) is 162 Å². The second-order valence-electron chi connectivity index (χ2n) is 12.8. The number of para-hydroxylation sites is 1. The first-order valence-electron chi connectivity index (χ1n) is 18.8. The Bertz CT molecular complexity index is 1810. The SMILES string of the molecule is C/C=C\C.CC/C=C(\C)CN1CCC(NC(C(=O)Nc2ccc(-c3ccnc(Nc4ccccc4)n3)cc2)c2ccccc2)C1.CN.Cc1ccccc1. The van der Waals surface area contributed by atoms with E-state index in [9.17, 15) is 4.79 Å². The van der Waals surface area contributed by atoms with Gasteiger partial charge in [0.1, 0.15) is 6.04 Å². The van der Waals surface area contributed by atoms with Gasteiger partial charge in [-0.15, -0.1) is 0 Å². The second kappa shape index (κ2) is 24.8. The number of hydrogen-bond acceptors (Lipinski definition) is 7. The fourth-order valence-electron chi connectivity index (χ4n) is 5.79. The van der Waals surface area contributed by atoms with Crippen LogP contribution < -0.4 is 21.7 Å². The summed E-state index contributed by atoms with van der Waals surface area (Å²) >= 11 is 0. The maximum Gasteiger partial charge on any atom is 0.246 e. The lowest BCUT2D eigenvalue weighted by atomic mass is 10.0. The minimum Gasteiger partial charge on any atom is -0.333 e. The molecule has 0 spiro atoms. The van der Waals surface area contributed by atoms with E-state index in [0.29, 0.717) is 5.95 Å². The summed E-state index contributed by atoms with van der Waals surface area (Å²) in [6.45, 7) is 13.4. The van der Waals surface area contributed by atoms with Crippen molar-refractivity contribution < 1.29 is 4.79 Å². The zero-order chi connectivity index (χ0) is 39.0. The van der Waals surface area contributed by atoms with E-state index in [2.05, 4.69) is 75.5 Å². The molecule has 8 nitrogen and oxygen atoms in total. The fourth-order valence-corrected chi connectivity index (χ4v) is 5.79. The molecule has 2 unspecified atom stereocenters. The molecule has 2 heterocycles. The molecule has 4 aromatic carbocycles. The van der Waals surface area contributed by atoms with Gasteiger partial charge in [0.15, 0.2) is 0 Å². The summed E-state index contributed by atoms with van der Waals surface area (Å²) < 4.78 is 0. The molecule has 5 N–H and O–H groups in total. The lowest BCUT2D eigenvalue weighted by molar-refractivity contribution is -0.118. The van der Waals surface area contributed by atoms with Crippen LogP contribution in [0.3, 0.4) is 0 Å². The third kappa shape index (κ3) is 15.3. The van der Waals surface area contributed by atoms with Gasteiger partial charge in [-0.25, -0.2) is 9.97 Å². The van der Waals surface area contributed by atoms with Crippen LogP contribution in [0.15, 0.2) is 151 Å². The zero-order valence-electron chi connectivity index (χ0n) is 32.9. The number of likely N-dealkylation sites (tertiary alicyclic amines) is 1. The summed E-state index contributed by atoms with van der Waals surface area (Å²) in [7, 11) is 1.50. The third-order valence-corrected chi connectivity index (χ3v) is 8.50. The summed E-state index contributed by atoms with van der Waals surface area (Å²) in [4.78, 5) is 25.1. The Morgan fingerprint density at radius 2 is 1.46 bits per heavy atom. The standard InChI is InChI=1S/C34H38N6O.C7H8.C4H8.CH5N/c1-3-10-25(2)23-40-22-20-30(24-40)36-32(27-11-6-4-7-12-27)33(41)37-29-17-15-26(16-18-29)31-19-21-35-34(39-31)38-28-13-8-5-9-14-28;1-7-5-3-2-4-6-7;1-3-4-2;1-2/h4-19,21,30,32,36H,3,20,22-24H2,1-2H3,(H,37,41)(H,35,38,39);2-6H,1H3;3-4H,1-2H3;2H2,1H3/b25-10+;;4-3-;. The first kappa shape index (κ1) is 43.0. The van der Waals surface area contributed by atoms with Crippen LogP contribution in [-0.4, -0.2) is 53.5 Å². The number of rotatable bonds is 11. The minimum atomic E-state index is -0.443. The third-order valence-electron chi connectivity index (χ3n) is 8.50. The van der Waals surface area contributed by atoms with Crippen LogP contribution in [0.2, 0.25) is 0 Å². The van der Waals surface area contributed by atoms with Gasteiger partial charge in [0, 0.05) is 48.8 Å². The van der Waals surface area contributed by atoms with E-state index >= 15 is 0 Å². The minimum absolute atomic E-state index is 0.0687. The van der Waals surface area contributed by atoms with Gasteiger partial charge >= 0.3 is 0 Å². The summed E-state index contributed by atoms with van der Waals surface area (Å²) in [6, 6.07) is 39.5. The van der Waals surface area contributed by atoms with Crippen molar-refractivity contribution in [1.29, 1.82) is 0 Å². The molecule has 1 aliphatic rings. The molecule has 54 heavy (non-hydrogen) atoms. The van der Waals surface area contributed by atoms with E-state index < -0.39 is 6.04 Å². The predicted octanol–water partition coefficient (Wildman–Crippen LogP) is 9.74. The Kier molecular flexibility index (Phi) is 19.7. The van der Waals surface area contributed by atoms with Gasteiger partial charge in [-0.1, -0.05) is 127 Å². The van der Waals surface area contributed by atoms with E-state index in [0.717, 1.165) is 60.7 Å². The monoisotopic (exact) mass is 725 g/mol. The number of aryl methyl sites for hydroxylation is 1. The van der Waals surface area contributed by atoms with Crippen molar-refractivity contribution in [2.24, 2.45) is 5.73 Å². The van der Waals surface area contributed by atoms with Crippen LogP contribution in [0.1, 0.15) is 57.7 Å². The Balaban J connectivity index is 0.000000517. The van der Waals surface area contributed by atoms with E-state index in [4.69, 9.17) is 0 Å². The van der Waals surface area contributed by atoms with Crippen LogP contribution in [0.5, 0.6) is 0 Å². The highest BCUT2D eigenvalue weighted by Gasteiger charge is 2.28. The summed E-state index contributed by atoms with van der Waals surface area (Å²) in [5, 5.41) is 10.0. The average Bonchev–Trinajstić information content (AvgIpc) is 3.66. The van der Waals surface area contributed by atoms with Crippen molar-refractivity contribution in [1.82, 2.24) is 20.2 Å². The summed E-state index contributed by atoms with van der Waals surface area (Å²) in [5.41, 5.74) is 11.6. The number of anilines is 3. The number of nitrogens with two attached hydrogens (primary N) is 1. The van der Waals surface area contributed by atoms with Crippen LogP contribution in [-0.2, 0) is 4.79 Å². The van der Waals surface area contributed by atoms with Crippen molar-refractivity contribution in [3.8, 4) is 11.3 Å². The van der Waals surface area contributed by atoms with Gasteiger partial charge in [0.05, 0.1) is 5.69 Å². The molecule has 8 heteroatoms. The predicted molar refractivity (Wildman–Crippen MR) is 229 cm³/mol. The fraction of sp³-hybridized carbons (Fsp3) is 0.283. The van der Waals surface area contributed by atoms with Gasteiger partial charge in [-0.2, -0.15) is 0 Å². The molecule has 1 aliphatic heterocycles. The van der Waals surface area contributed by atoms with Crippen molar-refractivity contribution in [3.63, 3.8) is 0 Å². The largest absolute Gasteiger partial charge is 0.333 e. The van der Waals surface area contributed by atoms with Gasteiger partial charge in [0.2, 0.25) is 11.9 Å². The summed E-state index contributed by atoms with van der Waals surface area (Å²) in [5.74, 6) is 0.464. The van der Waals surface area contributed by atoms with Crippen LogP contribution >= 0.6 is 0 Å². The highest BCUT2D eigenvalue weighted by atomic mass is 16.2. The van der Waals surface area contributed by atoms with Gasteiger partial charge < -0.3 is 16.4 Å². The molecule has 1 saturated heterocycles. The number of nitrogens with one attached hydrogen (secondary N) is 3. The molecule has 0 aliphatic carbocycles. The maximum atomic E-state index is 13.6. The molecular formula is C46H59N7O. The van der Waals surface area contributed by atoms with Gasteiger partial charge in [-0.3, -0.25) is 15.0 Å².